The van der Waals surface area contributed by atoms with Crippen LogP contribution in [0.25, 0.3) is 0 Å². The number of hydrogen-bond donors (Lipinski definition) is 2. The molecule has 0 amide bonds. The lowest BCUT2D eigenvalue weighted by molar-refractivity contribution is 0.0699. The molecule has 0 radical (unpaired) electrons. The third-order valence-corrected chi connectivity index (χ3v) is 5.35. The van der Waals surface area contributed by atoms with E-state index >= 15 is 0 Å². The highest BCUT2D eigenvalue weighted by molar-refractivity contribution is 7.91. The largest absolute Gasteiger partial charge is 0.382 e. The first-order chi connectivity index (χ1) is 9.10. The predicted octanol–water partition coefficient (Wildman–Crippen LogP) is 0.538. The van der Waals surface area contributed by atoms with Crippen molar-refractivity contribution in [3.8, 4) is 0 Å². The molecule has 0 spiro atoms. The van der Waals surface area contributed by atoms with Crippen molar-refractivity contribution in [3.63, 3.8) is 0 Å². The van der Waals surface area contributed by atoms with E-state index in [1.54, 1.807) is 19.2 Å². The normalized spacial score (nSPS) is 11.9. The Morgan fingerprint density at radius 1 is 1.32 bits per heavy atom. The molecule has 0 saturated heterocycles. The van der Waals surface area contributed by atoms with Gasteiger partial charge in [-0.15, -0.1) is 11.3 Å². The summed E-state index contributed by atoms with van der Waals surface area (Å²) in [6, 6.07) is 3.30. The van der Waals surface area contributed by atoms with E-state index in [1.165, 1.54) is 11.3 Å². The Morgan fingerprint density at radius 3 is 2.74 bits per heavy atom. The van der Waals surface area contributed by atoms with Crippen LogP contribution in [0.2, 0.25) is 0 Å². The van der Waals surface area contributed by atoms with Crippen LogP contribution >= 0.6 is 11.3 Å². The molecule has 0 fully saturated rings. The van der Waals surface area contributed by atoms with Gasteiger partial charge in [-0.1, -0.05) is 0 Å². The number of methoxy groups -OCH3 is 1. The van der Waals surface area contributed by atoms with Crippen molar-refractivity contribution in [2.45, 2.75) is 17.2 Å². The van der Waals surface area contributed by atoms with Crippen molar-refractivity contribution in [2.75, 3.05) is 33.5 Å². The van der Waals surface area contributed by atoms with Gasteiger partial charge in [0.2, 0.25) is 10.0 Å². The van der Waals surface area contributed by atoms with Crippen molar-refractivity contribution in [1.82, 2.24) is 4.72 Å². The second-order valence-corrected chi connectivity index (χ2v) is 6.94. The lowest BCUT2D eigenvalue weighted by Crippen LogP contribution is -2.25. The number of rotatable bonds is 10. The van der Waals surface area contributed by atoms with Crippen LogP contribution in [0.4, 0.5) is 0 Å². The van der Waals surface area contributed by atoms with Crippen molar-refractivity contribution in [3.05, 3.63) is 17.0 Å². The van der Waals surface area contributed by atoms with E-state index in [4.69, 9.17) is 15.2 Å². The Morgan fingerprint density at radius 2 is 2.11 bits per heavy atom. The van der Waals surface area contributed by atoms with Crippen molar-refractivity contribution in [2.24, 2.45) is 5.73 Å². The van der Waals surface area contributed by atoms with Crippen LogP contribution in [0.15, 0.2) is 16.3 Å². The molecule has 0 aliphatic carbocycles. The molecule has 110 valence electrons. The first-order valence-electron chi connectivity index (χ1n) is 5.95. The summed E-state index contributed by atoms with van der Waals surface area (Å²) >= 11 is 1.19. The Balaban J connectivity index is 2.27. The molecule has 1 aromatic rings. The fourth-order valence-corrected chi connectivity index (χ4v) is 3.66. The van der Waals surface area contributed by atoms with Gasteiger partial charge in [-0.05, 0) is 18.6 Å². The van der Waals surface area contributed by atoms with Crippen LogP contribution in [0, 0.1) is 0 Å². The minimum Gasteiger partial charge on any atom is -0.382 e. The molecular weight excluding hydrogens is 288 g/mol. The molecule has 1 aromatic heterocycles. The summed E-state index contributed by atoms with van der Waals surface area (Å²) in [5.74, 6) is 0. The van der Waals surface area contributed by atoms with Gasteiger partial charge >= 0.3 is 0 Å². The van der Waals surface area contributed by atoms with Gasteiger partial charge in [-0.2, -0.15) is 0 Å². The highest BCUT2D eigenvalue weighted by Gasteiger charge is 2.15. The first kappa shape index (κ1) is 16.5. The Hall–Kier alpha value is -0.510. The standard InChI is InChI=1S/C11H20N2O4S2/c1-16-7-8-17-6-2-5-13-19(14,15)11-4-3-10(9-12)18-11/h3-4,13H,2,5-9,12H2,1H3. The average Bonchev–Trinajstić information content (AvgIpc) is 2.87. The van der Waals surface area contributed by atoms with Gasteiger partial charge in [-0.3, -0.25) is 0 Å². The molecule has 0 aliphatic heterocycles. The summed E-state index contributed by atoms with van der Waals surface area (Å²) in [5, 5.41) is 0. The second kappa shape index (κ2) is 8.62. The number of ether oxygens (including phenoxy) is 2. The quantitative estimate of drug-likeness (QED) is 0.616. The van der Waals surface area contributed by atoms with Gasteiger partial charge in [0.15, 0.2) is 0 Å². The predicted molar refractivity (Wildman–Crippen MR) is 74.7 cm³/mol. The fraction of sp³-hybridized carbons (Fsp3) is 0.636. The van der Waals surface area contributed by atoms with Crippen LogP contribution in [0.1, 0.15) is 11.3 Å². The lowest BCUT2D eigenvalue weighted by Gasteiger charge is -2.05. The summed E-state index contributed by atoms with van der Waals surface area (Å²) in [5.41, 5.74) is 5.45. The zero-order valence-electron chi connectivity index (χ0n) is 10.9. The van der Waals surface area contributed by atoms with Crippen molar-refractivity contribution < 1.29 is 17.9 Å². The van der Waals surface area contributed by atoms with E-state index in [0.29, 0.717) is 43.5 Å². The van der Waals surface area contributed by atoms with E-state index < -0.39 is 10.0 Å². The fourth-order valence-electron chi connectivity index (χ4n) is 1.31. The third-order valence-electron chi connectivity index (χ3n) is 2.29. The molecule has 0 unspecified atom stereocenters. The minimum atomic E-state index is -3.41. The SMILES string of the molecule is COCCOCCCNS(=O)(=O)c1ccc(CN)s1. The number of thiophene rings is 1. The molecule has 0 atom stereocenters. The molecule has 8 heteroatoms. The molecule has 19 heavy (non-hydrogen) atoms. The molecule has 0 bridgehead atoms. The maximum Gasteiger partial charge on any atom is 0.250 e. The van der Waals surface area contributed by atoms with Crippen molar-refractivity contribution >= 4 is 21.4 Å². The van der Waals surface area contributed by atoms with Crippen LogP contribution in [0.3, 0.4) is 0 Å². The molecular formula is C11H20N2O4S2. The maximum atomic E-state index is 11.9. The molecule has 3 N–H and O–H groups in total. The smallest absolute Gasteiger partial charge is 0.250 e. The summed E-state index contributed by atoms with van der Waals surface area (Å²) in [7, 11) is -1.81. The zero-order valence-corrected chi connectivity index (χ0v) is 12.6. The monoisotopic (exact) mass is 308 g/mol. The minimum absolute atomic E-state index is 0.299. The molecule has 0 saturated carbocycles. The van der Waals surface area contributed by atoms with Crippen molar-refractivity contribution in [1.29, 1.82) is 0 Å². The van der Waals surface area contributed by atoms with E-state index in [0.717, 1.165) is 4.88 Å². The molecule has 0 aliphatic rings. The topological polar surface area (TPSA) is 90.6 Å². The summed E-state index contributed by atoms with van der Waals surface area (Å²) in [6.07, 6.45) is 0.623. The third kappa shape index (κ3) is 5.98. The summed E-state index contributed by atoms with van der Waals surface area (Å²) in [6.45, 7) is 2.28. The lowest BCUT2D eigenvalue weighted by atomic mass is 10.5. The van der Waals surface area contributed by atoms with Gasteiger partial charge in [0.1, 0.15) is 4.21 Å². The van der Waals surface area contributed by atoms with E-state index in [9.17, 15) is 8.42 Å². The Labute approximate surface area is 118 Å². The highest BCUT2D eigenvalue weighted by atomic mass is 32.2. The second-order valence-electron chi connectivity index (χ2n) is 3.78. The van der Waals surface area contributed by atoms with Gasteiger partial charge < -0.3 is 15.2 Å². The van der Waals surface area contributed by atoms with Gasteiger partial charge in [0.25, 0.3) is 0 Å². The average molecular weight is 308 g/mol. The summed E-state index contributed by atoms with van der Waals surface area (Å²) in [4.78, 5) is 0.850. The van der Waals surface area contributed by atoms with E-state index in [2.05, 4.69) is 4.72 Å². The maximum absolute atomic E-state index is 11.9. The van der Waals surface area contributed by atoms with E-state index in [-0.39, 0.29) is 0 Å². The van der Waals surface area contributed by atoms with Crippen LogP contribution in [-0.2, 0) is 26.0 Å². The van der Waals surface area contributed by atoms with Crippen LogP contribution < -0.4 is 10.5 Å². The highest BCUT2D eigenvalue weighted by Crippen LogP contribution is 2.20. The number of nitrogens with two attached hydrogens (primary N) is 1. The van der Waals surface area contributed by atoms with Gasteiger partial charge in [0.05, 0.1) is 13.2 Å². The number of hydrogen-bond acceptors (Lipinski definition) is 6. The van der Waals surface area contributed by atoms with Crippen LogP contribution in [-0.4, -0.2) is 41.9 Å². The molecule has 1 rings (SSSR count). The Bertz CT molecular complexity index is 459. The number of sulfonamides is 1. The first-order valence-corrected chi connectivity index (χ1v) is 8.25. The summed E-state index contributed by atoms with van der Waals surface area (Å²) < 4.78 is 36.7. The number of nitrogens with one attached hydrogen (secondary N) is 1. The van der Waals surface area contributed by atoms with E-state index in [1.807, 2.05) is 0 Å². The molecule has 1 heterocycles. The van der Waals surface area contributed by atoms with Crippen LogP contribution in [0.5, 0.6) is 0 Å². The Kier molecular flexibility index (Phi) is 7.51. The zero-order chi connectivity index (χ0) is 14.1. The van der Waals surface area contributed by atoms with Gasteiger partial charge in [-0.25, -0.2) is 13.1 Å². The molecule has 6 nitrogen and oxygen atoms in total. The van der Waals surface area contributed by atoms with Gasteiger partial charge in [0, 0.05) is 31.7 Å². The molecule has 0 aromatic carbocycles.